The van der Waals surface area contributed by atoms with Crippen LogP contribution in [0.3, 0.4) is 0 Å². The van der Waals surface area contributed by atoms with Crippen molar-refractivity contribution in [2.24, 2.45) is 0 Å². The topological polar surface area (TPSA) is 42.4 Å². The minimum absolute atomic E-state index is 0.138. The number of hydrogen-bond donors (Lipinski definition) is 0. The third kappa shape index (κ3) is 3.00. The third-order valence-electron chi connectivity index (χ3n) is 4.61. The monoisotopic (exact) mass is 340 g/mol. The Morgan fingerprint density at radius 1 is 1.29 bits per heavy atom. The summed E-state index contributed by atoms with van der Waals surface area (Å²) in [6, 6.07) is 13.5. The van der Waals surface area contributed by atoms with Crippen molar-refractivity contribution < 1.29 is 9.53 Å². The van der Waals surface area contributed by atoms with Gasteiger partial charge in [-0.2, -0.15) is 0 Å². The Hall–Kier alpha value is -2.01. The molecule has 0 radical (unpaired) electrons. The van der Waals surface area contributed by atoms with E-state index in [-0.39, 0.29) is 16.8 Å². The summed E-state index contributed by atoms with van der Waals surface area (Å²) in [7, 11) is 0. The summed E-state index contributed by atoms with van der Waals surface area (Å²) in [6.07, 6.45) is 2.91. The van der Waals surface area contributed by atoms with E-state index in [2.05, 4.69) is 4.98 Å². The van der Waals surface area contributed by atoms with Crippen LogP contribution in [-0.2, 0) is 0 Å². The number of thioether (sulfide) groups is 1. The van der Waals surface area contributed by atoms with Crippen molar-refractivity contribution in [2.75, 3.05) is 18.8 Å². The Balaban J connectivity index is 1.34. The van der Waals surface area contributed by atoms with Gasteiger partial charge in [-0.05, 0) is 25.1 Å². The molecule has 2 aliphatic heterocycles. The molecule has 5 heteroatoms. The Bertz CT molecular complexity index is 744. The van der Waals surface area contributed by atoms with E-state index < -0.39 is 0 Å². The molecule has 2 saturated heterocycles. The molecule has 2 aliphatic rings. The van der Waals surface area contributed by atoms with Crippen molar-refractivity contribution in [1.82, 2.24) is 9.88 Å². The maximum absolute atomic E-state index is 12.6. The van der Waals surface area contributed by atoms with Crippen molar-refractivity contribution in [3.63, 3.8) is 0 Å². The van der Waals surface area contributed by atoms with Crippen molar-refractivity contribution in [3.05, 3.63) is 59.8 Å². The molecule has 0 unspecified atom stereocenters. The van der Waals surface area contributed by atoms with Gasteiger partial charge in [0.15, 0.2) is 0 Å². The third-order valence-corrected chi connectivity index (χ3v) is 6.19. The average molecular weight is 340 g/mol. The van der Waals surface area contributed by atoms with Crippen LogP contribution < -0.4 is 4.74 Å². The largest absolute Gasteiger partial charge is 0.473 e. The number of aryl methyl sites for hydroxylation is 1. The van der Waals surface area contributed by atoms with E-state index in [0.29, 0.717) is 5.88 Å². The van der Waals surface area contributed by atoms with Crippen LogP contribution in [0.1, 0.15) is 22.3 Å². The van der Waals surface area contributed by atoms with Crippen LogP contribution in [0.5, 0.6) is 5.88 Å². The van der Waals surface area contributed by atoms with Crippen molar-refractivity contribution in [1.29, 1.82) is 0 Å². The minimum Gasteiger partial charge on any atom is -0.473 e. The second kappa shape index (κ2) is 6.13. The number of nitrogens with zero attached hydrogens (tertiary/aromatic N) is 2. The highest BCUT2D eigenvalue weighted by molar-refractivity contribution is 8.01. The number of benzene rings is 1. The first-order chi connectivity index (χ1) is 11.6. The van der Waals surface area contributed by atoms with Crippen LogP contribution >= 0.6 is 11.8 Å². The molecule has 1 aromatic heterocycles. The lowest BCUT2D eigenvalue weighted by atomic mass is 9.92. The average Bonchev–Trinajstić information content (AvgIpc) is 2.98. The molecule has 124 valence electrons. The number of hydrogen-bond acceptors (Lipinski definition) is 4. The van der Waals surface area contributed by atoms with Crippen LogP contribution in [0.2, 0.25) is 0 Å². The van der Waals surface area contributed by atoms with Gasteiger partial charge in [0.1, 0.15) is 6.10 Å². The summed E-state index contributed by atoms with van der Waals surface area (Å²) >= 11 is 1.93. The van der Waals surface area contributed by atoms with Gasteiger partial charge in [0.25, 0.3) is 5.91 Å². The molecule has 24 heavy (non-hydrogen) atoms. The van der Waals surface area contributed by atoms with E-state index >= 15 is 0 Å². The summed E-state index contributed by atoms with van der Waals surface area (Å²) in [5.41, 5.74) is 1.91. The van der Waals surface area contributed by atoms with Gasteiger partial charge in [-0.15, -0.1) is 11.8 Å². The van der Waals surface area contributed by atoms with E-state index in [1.54, 1.807) is 6.20 Å². The molecule has 1 amide bonds. The lowest BCUT2D eigenvalue weighted by Gasteiger charge is -2.47. The van der Waals surface area contributed by atoms with Crippen molar-refractivity contribution in [2.45, 2.75) is 24.2 Å². The standard InChI is InChI=1S/C19H20N2O2S/c1-14-5-4-6-15(9-14)18(22)21-12-19(13-21)10-16(11-24-19)23-17-7-2-3-8-20-17/h2-9,16H,10-13H2,1H3/t16-/m0/s1. The normalized spacial score (nSPS) is 21.5. The SMILES string of the molecule is Cc1cccc(C(=O)N2CC3(C[C@H](Oc4ccccn4)CS3)C2)c1. The zero-order chi connectivity index (χ0) is 16.6. The molecule has 4 rings (SSSR count). The van der Waals surface area contributed by atoms with Crippen LogP contribution in [0.25, 0.3) is 0 Å². The molecule has 1 atom stereocenters. The number of carbonyl (C=O) groups is 1. The zero-order valence-corrected chi connectivity index (χ0v) is 14.5. The van der Waals surface area contributed by atoms with Crippen LogP contribution in [0, 0.1) is 6.92 Å². The summed E-state index contributed by atoms with van der Waals surface area (Å²) in [4.78, 5) is 18.7. The number of likely N-dealkylation sites (tertiary alicyclic amines) is 1. The first-order valence-corrected chi connectivity index (χ1v) is 9.20. The van der Waals surface area contributed by atoms with Gasteiger partial charge >= 0.3 is 0 Å². The number of ether oxygens (including phenoxy) is 1. The van der Waals surface area contributed by atoms with Gasteiger partial charge in [0.2, 0.25) is 5.88 Å². The maximum atomic E-state index is 12.6. The molecular weight excluding hydrogens is 320 g/mol. The maximum Gasteiger partial charge on any atom is 0.253 e. The van der Waals surface area contributed by atoms with E-state index in [1.165, 1.54) is 0 Å². The van der Waals surface area contributed by atoms with Gasteiger partial charge < -0.3 is 9.64 Å². The summed E-state index contributed by atoms with van der Waals surface area (Å²) < 4.78 is 6.13. The van der Waals surface area contributed by atoms with Crippen LogP contribution in [0.15, 0.2) is 48.7 Å². The van der Waals surface area contributed by atoms with E-state index in [9.17, 15) is 4.79 Å². The second-order valence-corrected chi connectivity index (χ2v) is 8.12. The highest BCUT2D eigenvalue weighted by Gasteiger charge is 2.51. The Morgan fingerprint density at radius 2 is 2.17 bits per heavy atom. The van der Waals surface area contributed by atoms with E-state index in [0.717, 1.165) is 36.4 Å². The van der Waals surface area contributed by atoms with E-state index in [1.807, 2.05) is 66.1 Å². The van der Waals surface area contributed by atoms with Gasteiger partial charge in [0, 0.05) is 43.1 Å². The van der Waals surface area contributed by atoms with Crippen LogP contribution in [-0.4, -0.2) is 45.5 Å². The summed E-state index contributed by atoms with van der Waals surface area (Å²) in [5.74, 6) is 1.79. The molecule has 0 N–H and O–H groups in total. The quantitative estimate of drug-likeness (QED) is 0.861. The molecule has 0 saturated carbocycles. The predicted molar refractivity (Wildman–Crippen MR) is 95.5 cm³/mol. The highest BCUT2D eigenvalue weighted by Crippen LogP contribution is 2.46. The minimum atomic E-state index is 0.138. The first-order valence-electron chi connectivity index (χ1n) is 8.21. The lowest BCUT2D eigenvalue weighted by molar-refractivity contribution is 0.0516. The number of rotatable bonds is 3. The molecule has 1 spiro atoms. The number of amides is 1. The van der Waals surface area contributed by atoms with Gasteiger partial charge in [-0.3, -0.25) is 4.79 Å². The number of pyridine rings is 1. The molecule has 0 aliphatic carbocycles. The number of carbonyl (C=O) groups excluding carboxylic acids is 1. The van der Waals surface area contributed by atoms with E-state index in [4.69, 9.17) is 4.74 Å². The molecule has 2 aromatic rings. The zero-order valence-electron chi connectivity index (χ0n) is 13.6. The Labute approximate surface area is 146 Å². The highest BCUT2D eigenvalue weighted by atomic mass is 32.2. The van der Waals surface area contributed by atoms with Gasteiger partial charge in [-0.25, -0.2) is 4.98 Å². The first kappa shape index (κ1) is 15.5. The van der Waals surface area contributed by atoms with Crippen LogP contribution in [0.4, 0.5) is 0 Å². The van der Waals surface area contributed by atoms with Gasteiger partial charge in [-0.1, -0.05) is 23.8 Å². The summed E-state index contributed by atoms with van der Waals surface area (Å²) in [6.45, 7) is 3.64. The smallest absolute Gasteiger partial charge is 0.253 e. The molecule has 1 aromatic carbocycles. The summed E-state index contributed by atoms with van der Waals surface area (Å²) in [5, 5.41) is 0. The van der Waals surface area contributed by atoms with Crippen molar-refractivity contribution in [3.8, 4) is 5.88 Å². The van der Waals surface area contributed by atoms with Crippen molar-refractivity contribution >= 4 is 17.7 Å². The fourth-order valence-electron chi connectivity index (χ4n) is 3.44. The Morgan fingerprint density at radius 3 is 2.92 bits per heavy atom. The molecule has 2 fully saturated rings. The molecule has 4 nitrogen and oxygen atoms in total. The predicted octanol–water partition coefficient (Wildman–Crippen LogP) is 3.17. The number of aromatic nitrogens is 1. The van der Waals surface area contributed by atoms with Gasteiger partial charge in [0.05, 0.1) is 4.75 Å². The molecule has 0 bridgehead atoms. The fraction of sp³-hybridized carbons (Fsp3) is 0.368. The Kier molecular flexibility index (Phi) is 3.96. The molecular formula is C19H20N2O2S. The molecule has 3 heterocycles. The fourth-order valence-corrected chi connectivity index (χ4v) is 4.96. The second-order valence-electron chi connectivity index (χ2n) is 6.64. The lowest BCUT2D eigenvalue weighted by Crippen LogP contribution is -2.60.